The van der Waals surface area contributed by atoms with Crippen molar-refractivity contribution in [1.82, 2.24) is 39.9 Å². The lowest BCUT2D eigenvalue weighted by Crippen LogP contribution is -2.04. The molecule has 0 unspecified atom stereocenters. The fourth-order valence-corrected chi connectivity index (χ4v) is 8.41. The van der Waals surface area contributed by atoms with E-state index in [1.807, 2.05) is 121 Å². The number of nitrogens with zero attached hydrogens (tertiary/aromatic N) is 9. The van der Waals surface area contributed by atoms with E-state index in [0.29, 0.717) is 59.0 Å². The maximum atomic E-state index is 12.1. The average molecular weight is 1390 g/mol. The molecule has 9 nitrogen and oxygen atoms in total. The van der Waals surface area contributed by atoms with Gasteiger partial charge in [0.25, 0.3) is 0 Å². The van der Waals surface area contributed by atoms with Crippen LogP contribution in [0.5, 0.6) is 0 Å². The molecule has 10 aromatic rings. The number of halogens is 3. The maximum Gasteiger partial charge on any atom is 0.416 e. The highest BCUT2D eigenvalue weighted by atomic mass is 19.4. The normalized spacial score (nSPS) is 10.5. The van der Waals surface area contributed by atoms with Crippen LogP contribution in [0.15, 0.2) is 207 Å². The van der Waals surface area contributed by atoms with Crippen molar-refractivity contribution in [2.75, 3.05) is 0 Å². The van der Waals surface area contributed by atoms with Gasteiger partial charge in [-0.15, -0.1) is 0 Å². The van der Waals surface area contributed by atoms with Gasteiger partial charge in [-0.1, -0.05) is 229 Å². The minimum atomic E-state index is -4.23. The fraction of sp³-hybridized carbons (Fsp3) is 0.411. The van der Waals surface area contributed by atoms with Crippen LogP contribution in [0.25, 0.3) is 0 Å². The number of benzene rings is 2. The highest BCUT2D eigenvalue weighted by Gasteiger charge is 2.30. The SMILES string of the molecule is CC(C)c1ccc(C#N)nc1.CC(C)c1ccc(C(F)(F)F)cc1.CC(C)c1ccccc1.CC(C)c1ccccn1.Cc1ccc(C(C)C)cn1.Cc1ccc(C(C)C)cn1.Cc1ccc(C(C)C)cn1.Cc1ccc(C(C)C)nc1.Cc1ccc(C(C)C)nc1.Cc1cccc(C(C)C)n1. The molecule has 102 heavy (non-hydrogen) atoms. The Kier molecular flexibility index (Phi) is 44.1. The van der Waals surface area contributed by atoms with Gasteiger partial charge in [-0.05, 0) is 218 Å². The van der Waals surface area contributed by atoms with E-state index in [9.17, 15) is 13.2 Å². The molecule has 0 aliphatic carbocycles. The van der Waals surface area contributed by atoms with Gasteiger partial charge >= 0.3 is 6.18 Å². The largest absolute Gasteiger partial charge is 0.416 e. The molecule has 0 bridgehead atoms. The van der Waals surface area contributed by atoms with Gasteiger partial charge in [-0.2, -0.15) is 18.4 Å². The van der Waals surface area contributed by atoms with E-state index in [4.69, 9.17) is 5.26 Å². The van der Waals surface area contributed by atoms with E-state index in [0.717, 1.165) is 46.2 Å². The van der Waals surface area contributed by atoms with Crippen molar-refractivity contribution in [3.8, 4) is 6.07 Å². The third kappa shape index (κ3) is 40.4. The van der Waals surface area contributed by atoms with Gasteiger partial charge in [-0.3, -0.25) is 34.9 Å². The number of hydrogen-bond acceptors (Lipinski definition) is 9. The molecule has 0 radical (unpaired) electrons. The lowest BCUT2D eigenvalue weighted by molar-refractivity contribution is -0.137. The van der Waals surface area contributed by atoms with Crippen LogP contribution in [-0.2, 0) is 6.18 Å². The molecular formula is C90H122F3N9. The molecule has 0 fully saturated rings. The first kappa shape index (κ1) is 90.9. The second-order valence-electron chi connectivity index (χ2n) is 28.3. The predicted molar refractivity (Wildman–Crippen MR) is 426 cm³/mol. The van der Waals surface area contributed by atoms with Crippen molar-refractivity contribution in [1.29, 1.82) is 5.26 Å². The van der Waals surface area contributed by atoms with E-state index in [1.54, 1.807) is 12.3 Å². The van der Waals surface area contributed by atoms with Crippen molar-refractivity contribution in [2.24, 2.45) is 0 Å². The average Bonchev–Trinajstić information content (AvgIpc) is 0.854. The minimum Gasteiger partial charge on any atom is -0.261 e. The van der Waals surface area contributed by atoms with Gasteiger partial charge < -0.3 is 0 Å². The van der Waals surface area contributed by atoms with Crippen molar-refractivity contribution in [3.05, 3.63) is 308 Å². The second-order valence-corrected chi connectivity index (χ2v) is 28.3. The van der Waals surface area contributed by atoms with Crippen LogP contribution in [-0.4, -0.2) is 39.9 Å². The molecule has 0 saturated heterocycles. The summed E-state index contributed by atoms with van der Waals surface area (Å²) >= 11 is 0. The first-order chi connectivity index (χ1) is 47.9. The van der Waals surface area contributed by atoms with E-state index < -0.39 is 11.7 Å². The molecule has 0 spiro atoms. The summed E-state index contributed by atoms with van der Waals surface area (Å²) in [5, 5.41) is 8.45. The molecule has 8 aromatic heterocycles. The van der Waals surface area contributed by atoms with Gasteiger partial charge in [0.2, 0.25) is 0 Å². The molecule has 0 N–H and O–H groups in total. The first-order valence-electron chi connectivity index (χ1n) is 36.0. The highest BCUT2D eigenvalue weighted by Crippen LogP contribution is 2.30. The van der Waals surface area contributed by atoms with Crippen LogP contribution in [0.1, 0.15) is 299 Å². The molecule has 0 saturated carbocycles. The van der Waals surface area contributed by atoms with E-state index in [-0.39, 0.29) is 5.92 Å². The van der Waals surface area contributed by atoms with Gasteiger partial charge in [0.1, 0.15) is 11.8 Å². The van der Waals surface area contributed by atoms with E-state index in [1.165, 1.54) is 68.2 Å². The summed E-state index contributed by atoms with van der Waals surface area (Å²) in [6.07, 6.45) is 9.01. The number of aromatic nitrogens is 8. The van der Waals surface area contributed by atoms with E-state index in [2.05, 4.69) is 275 Å². The number of hydrogen-bond donors (Lipinski definition) is 0. The quantitative estimate of drug-likeness (QED) is 0.131. The molecule has 0 amide bonds. The van der Waals surface area contributed by atoms with Crippen LogP contribution in [0.2, 0.25) is 0 Å². The Morgan fingerprint density at radius 1 is 0.275 bits per heavy atom. The summed E-state index contributed by atoms with van der Waals surface area (Å²) in [5.41, 5.74) is 18.8. The van der Waals surface area contributed by atoms with Crippen LogP contribution >= 0.6 is 0 Å². The summed E-state index contributed by atoms with van der Waals surface area (Å²) in [7, 11) is 0. The number of rotatable bonds is 10. The van der Waals surface area contributed by atoms with Crippen molar-refractivity contribution >= 4 is 0 Å². The summed E-state index contributed by atoms with van der Waals surface area (Å²) in [6.45, 7) is 54.9. The summed E-state index contributed by atoms with van der Waals surface area (Å²) in [4.78, 5) is 33.7. The summed E-state index contributed by atoms with van der Waals surface area (Å²) in [6, 6.07) is 54.5. The van der Waals surface area contributed by atoms with Gasteiger partial charge in [0, 0.05) is 88.9 Å². The first-order valence-corrected chi connectivity index (χ1v) is 36.0. The molecule has 12 heteroatoms. The number of nitriles is 1. The zero-order valence-electron chi connectivity index (χ0n) is 66.6. The summed E-state index contributed by atoms with van der Waals surface area (Å²) in [5.74, 6) is 5.35. The molecule has 0 aliphatic rings. The predicted octanol–water partition coefficient (Wildman–Crippen LogP) is 26.0. The third-order valence-electron chi connectivity index (χ3n) is 15.6. The Hall–Kier alpha value is -9.08. The zero-order chi connectivity index (χ0) is 77.1. The fourth-order valence-electron chi connectivity index (χ4n) is 8.41. The van der Waals surface area contributed by atoms with Crippen molar-refractivity contribution in [2.45, 2.75) is 245 Å². The molecule has 548 valence electrons. The third-order valence-corrected chi connectivity index (χ3v) is 15.6. The smallest absolute Gasteiger partial charge is 0.261 e. The van der Waals surface area contributed by atoms with Crippen LogP contribution in [0, 0.1) is 52.9 Å². The second kappa shape index (κ2) is 49.5. The Labute approximate surface area is 615 Å². The van der Waals surface area contributed by atoms with Gasteiger partial charge in [-0.25, -0.2) is 4.98 Å². The van der Waals surface area contributed by atoms with Crippen LogP contribution < -0.4 is 0 Å². The lowest BCUT2D eigenvalue weighted by atomic mass is 10.0. The van der Waals surface area contributed by atoms with Gasteiger partial charge in [0.15, 0.2) is 0 Å². The van der Waals surface area contributed by atoms with Crippen molar-refractivity contribution in [3.63, 3.8) is 0 Å². The topological polar surface area (TPSA) is 127 Å². The Morgan fingerprint density at radius 3 is 0.853 bits per heavy atom. The summed E-state index contributed by atoms with van der Waals surface area (Å²) < 4.78 is 36.4. The number of aryl methyl sites for hydroxylation is 6. The van der Waals surface area contributed by atoms with Crippen LogP contribution in [0.4, 0.5) is 13.2 Å². The molecule has 2 aromatic carbocycles. The van der Waals surface area contributed by atoms with Crippen molar-refractivity contribution < 1.29 is 13.2 Å². The maximum absolute atomic E-state index is 12.1. The van der Waals surface area contributed by atoms with Crippen LogP contribution in [0.3, 0.4) is 0 Å². The molecule has 0 aliphatic heterocycles. The van der Waals surface area contributed by atoms with Gasteiger partial charge in [0.05, 0.1) is 5.56 Å². The Bertz CT molecular complexity index is 3440. The Morgan fingerprint density at radius 2 is 0.608 bits per heavy atom. The highest BCUT2D eigenvalue weighted by molar-refractivity contribution is 5.28. The lowest BCUT2D eigenvalue weighted by Gasteiger charge is -2.09. The number of pyridine rings is 8. The Balaban J connectivity index is 0.000000567. The monoisotopic (exact) mass is 1390 g/mol. The molecule has 10 rings (SSSR count). The molecule has 0 atom stereocenters. The number of alkyl halides is 3. The molecule has 8 heterocycles. The standard InChI is InChI=1S/C10H11F3.C9H10N2.6C9H13N.C9H12.C8H11N/c1-7(2)8-3-5-9(6-4-8)10(11,12)13;1-7(2)8-3-4-9(5-10)11-6-8;3*1-7(2)9-5-4-8(3)10-6-9;2*1-7(2)9-5-4-8(3)6-10-9;1-7(2)9-6-4-5-8(3)10-9;1-8(2)9-6-4-3-5-7-9;1-7(2)8-5-3-4-6-9-8/h3-7H,1-2H3;3-4,6-7H,1-2H3;6*4-7H,1-3H3;3-8H,1-2H3;3-7H,1-2H3. The zero-order valence-corrected chi connectivity index (χ0v) is 66.6. The van der Waals surface area contributed by atoms with E-state index >= 15 is 0 Å². The minimum absolute atomic E-state index is 0.266. The molecular weight excluding hydrogens is 1260 g/mol.